The lowest BCUT2D eigenvalue weighted by atomic mass is 9.44. The first-order chi connectivity index (χ1) is 53.0. The molecule has 4 heterocycles. The van der Waals surface area contributed by atoms with Gasteiger partial charge in [-0.25, -0.2) is 24.5 Å². The number of carbonyl (C=O) groups excluding carboxylic acids is 9. The van der Waals surface area contributed by atoms with Crippen molar-refractivity contribution in [3.63, 3.8) is 0 Å². The maximum atomic E-state index is 16.6. The number of H-pyrrole nitrogens is 1. The summed E-state index contributed by atoms with van der Waals surface area (Å²) < 4.78 is 50.9. The number of aliphatic hydroxyl groups excluding tert-OH is 1. The van der Waals surface area contributed by atoms with Crippen molar-refractivity contribution in [3.8, 4) is 0 Å². The molecule has 9 N–H and O–H groups in total. The molecule has 12 atom stereocenters. The van der Waals surface area contributed by atoms with E-state index >= 15 is 4.79 Å². The molecule has 7 aromatic rings. The van der Waals surface area contributed by atoms with E-state index in [0.29, 0.717) is 45.3 Å². The second-order valence-corrected chi connectivity index (χ2v) is 40.0. The van der Waals surface area contributed by atoms with Crippen molar-refractivity contribution >= 4 is 105 Å². The number of esters is 5. The molecule has 3 aliphatic carbocycles. The van der Waals surface area contributed by atoms with E-state index in [4.69, 9.17) is 42.7 Å². The normalized spacial score (nSPS) is 23.4. The average molecular weight is 1590 g/mol. The lowest BCUT2D eigenvalue weighted by Gasteiger charge is -2.67. The van der Waals surface area contributed by atoms with Crippen molar-refractivity contribution in [2.75, 3.05) is 23.0 Å². The summed E-state index contributed by atoms with van der Waals surface area (Å²) in [4.78, 5) is 160. The lowest BCUT2D eigenvalue weighted by Crippen LogP contribution is -2.82. The maximum absolute atomic E-state index is 16.6. The minimum absolute atomic E-state index is 0.00831. The van der Waals surface area contributed by atoms with Crippen molar-refractivity contribution in [2.45, 2.75) is 185 Å². The number of amides is 3. The van der Waals surface area contributed by atoms with Gasteiger partial charge in [-0.3, -0.25) is 43.3 Å². The number of nitrogens with two attached hydrogens (primary N) is 1. The van der Waals surface area contributed by atoms with Crippen LogP contribution in [0.4, 0.5) is 11.6 Å². The molecule has 4 aliphatic rings. The van der Waals surface area contributed by atoms with Gasteiger partial charge < -0.3 is 74.2 Å². The van der Waals surface area contributed by atoms with Crippen molar-refractivity contribution in [2.24, 2.45) is 16.7 Å². The minimum atomic E-state index is -2.76. The third kappa shape index (κ3) is 18.1. The predicted molar refractivity (Wildman–Crippen MR) is 413 cm³/mol. The monoisotopic (exact) mass is 1590 g/mol. The number of oxazole rings is 1. The molecule has 4 aromatic carbocycles. The highest BCUT2D eigenvalue weighted by Crippen LogP contribution is 2.65. The first-order valence-corrected chi connectivity index (χ1v) is 43.7. The quantitative estimate of drug-likeness (QED) is 0.00724. The van der Waals surface area contributed by atoms with E-state index in [0.717, 1.165) is 13.8 Å². The van der Waals surface area contributed by atoms with Crippen LogP contribution in [0.5, 0.6) is 0 Å². The third-order valence-corrected chi connectivity index (χ3v) is 30.0. The molecule has 2 bridgehead atoms. The zero-order valence-electron chi connectivity index (χ0n) is 63.9. The van der Waals surface area contributed by atoms with E-state index in [9.17, 15) is 53.4 Å². The smallest absolute Gasteiger partial charge is 0.338 e. The Balaban J connectivity index is 0.746. The molecular formula is C79H92N10O20SSi2. The molecule has 3 aromatic heterocycles. The highest BCUT2D eigenvalue weighted by atomic mass is 32.2. The van der Waals surface area contributed by atoms with Crippen LogP contribution < -0.4 is 32.6 Å². The Kier molecular flexibility index (Phi) is 24.9. The Labute approximate surface area is 651 Å². The first-order valence-electron chi connectivity index (χ1n) is 36.6. The number of Topliss-reactive ketones (excluding diaryl/α,β-unsaturated/α-hetero) is 1. The molecule has 3 fully saturated rings. The van der Waals surface area contributed by atoms with Crippen LogP contribution in [0.3, 0.4) is 0 Å². The molecular weight excluding hydrogens is 1500 g/mol. The van der Waals surface area contributed by atoms with E-state index < -0.39 is 147 Å². The molecule has 0 spiro atoms. The van der Waals surface area contributed by atoms with E-state index in [1.54, 1.807) is 130 Å². The number of ketones is 1. The Morgan fingerprint density at radius 2 is 1.45 bits per heavy atom. The molecule has 0 unspecified atom stereocenters. The summed E-state index contributed by atoms with van der Waals surface area (Å²) in [6.45, 7) is 17.9. The van der Waals surface area contributed by atoms with Crippen LogP contribution in [-0.2, 0) is 74.4 Å². The fourth-order valence-corrected chi connectivity index (χ4v) is 25.0. The Hall–Kier alpha value is -10.6. The fraction of sp³-hybridized carbons (Fsp3) is 0.418. The van der Waals surface area contributed by atoms with Gasteiger partial charge in [0.05, 0.1) is 67.1 Å². The molecule has 0 radical (unpaired) electrons. The maximum Gasteiger partial charge on any atom is 0.338 e. The van der Waals surface area contributed by atoms with E-state index in [2.05, 4.69) is 46.2 Å². The van der Waals surface area contributed by atoms with Gasteiger partial charge >= 0.3 is 29.8 Å². The largest absolute Gasteiger partial charge is 0.461 e. The highest BCUT2D eigenvalue weighted by molar-refractivity contribution is 8.00. The number of hydrogen-bond acceptors (Lipinski definition) is 27. The van der Waals surface area contributed by atoms with Crippen molar-refractivity contribution in [1.29, 1.82) is 0 Å². The summed E-state index contributed by atoms with van der Waals surface area (Å²) >= 11 is 1.35. The van der Waals surface area contributed by atoms with Crippen LogP contribution in [-0.4, -0.2) is 171 Å². The van der Waals surface area contributed by atoms with Crippen LogP contribution in [0.1, 0.15) is 135 Å². The first kappa shape index (κ1) is 82.4. The second-order valence-electron chi connectivity index (χ2n) is 30.4. The van der Waals surface area contributed by atoms with E-state index in [-0.39, 0.29) is 89.6 Å². The number of aliphatic hydroxyl groups is 2. The molecule has 1 saturated heterocycles. The van der Waals surface area contributed by atoms with Crippen molar-refractivity contribution < 1.29 is 90.3 Å². The number of carbonyl (C=O) groups is 9. The van der Waals surface area contributed by atoms with Crippen LogP contribution in [0.25, 0.3) is 11.2 Å². The molecule has 33 heteroatoms. The second kappa shape index (κ2) is 33.8. The summed E-state index contributed by atoms with van der Waals surface area (Å²) in [5.74, 6) is -8.38. The van der Waals surface area contributed by atoms with Crippen molar-refractivity contribution in [1.82, 2.24) is 40.9 Å². The van der Waals surface area contributed by atoms with Crippen LogP contribution >= 0.6 is 11.8 Å². The number of aromatic nitrogens is 5. The van der Waals surface area contributed by atoms with E-state index in [1.165, 1.54) is 50.1 Å². The minimum Gasteiger partial charge on any atom is -0.461 e. The third-order valence-electron chi connectivity index (χ3n) is 20.9. The molecule has 3 amide bonds. The van der Waals surface area contributed by atoms with Crippen LogP contribution in [0, 0.1) is 16.7 Å². The number of anilines is 2. The van der Waals surface area contributed by atoms with Gasteiger partial charge in [0.2, 0.25) is 11.9 Å². The summed E-state index contributed by atoms with van der Waals surface area (Å²) in [6.07, 6.45) is -6.52. The van der Waals surface area contributed by atoms with Gasteiger partial charge in [0.1, 0.15) is 35.8 Å². The number of aromatic amines is 1. The van der Waals surface area contributed by atoms with Gasteiger partial charge in [-0.1, -0.05) is 104 Å². The number of ether oxygens (including phenoxy) is 6. The zero-order valence-corrected chi connectivity index (χ0v) is 66.7. The molecule has 112 heavy (non-hydrogen) atoms. The van der Waals surface area contributed by atoms with Gasteiger partial charge in [-0.15, -0.1) is 0 Å². The Morgan fingerprint density at radius 1 is 0.795 bits per heavy atom. The Bertz CT molecular complexity index is 4840. The molecule has 11 rings (SSSR count). The number of thioether (sulfide) groups is 1. The van der Waals surface area contributed by atoms with Gasteiger partial charge in [0, 0.05) is 66.8 Å². The highest BCUT2D eigenvalue weighted by Gasteiger charge is 2.79. The molecule has 1 aliphatic heterocycles. The van der Waals surface area contributed by atoms with Gasteiger partial charge in [0.25, 0.3) is 22.6 Å². The number of hydrogen-bond donors (Lipinski definition) is 8. The SMILES string of the molecule is CC(=O)O[C@H]1C(=O)[C@]2(C)[C@@H](OC(=O)C/C=C/[Si](C)(C)O[Si](C)(C)CSc3ncc(CNC(=O)CC[C@@H](C)NC(=O)c4ccc(NCc5cnc6nc(N)[nH]c(=O)c6n5)cc4)o3)C[C@H]3OC[C@@]3(OC(C)=O)[C@H]2[C@H](OC(=O)c2ccccc2)[C@]2(O)C[C@H](OC(=O)[C@H](O)[C@@H](NC(=O)c3ccccc3)c3ccccc3)C(C)=C1C2(C)C. The lowest BCUT2D eigenvalue weighted by molar-refractivity contribution is -0.346. The van der Waals surface area contributed by atoms with E-state index in [1.807, 2.05) is 31.9 Å². The number of benzene rings is 4. The molecule has 2 saturated carbocycles. The van der Waals surface area contributed by atoms with Crippen molar-refractivity contribution in [3.05, 3.63) is 195 Å². The predicted octanol–water partition coefficient (Wildman–Crippen LogP) is 7.95. The number of fused-ring (bicyclic) bond motifs is 6. The topological polar surface area (TPSA) is 430 Å². The summed E-state index contributed by atoms with van der Waals surface area (Å²) in [7, 11) is -5.31. The number of nitrogens with zero attached hydrogens (tertiary/aromatic N) is 4. The fourth-order valence-electron chi connectivity index (χ4n) is 15.4. The summed E-state index contributed by atoms with van der Waals surface area (Å²) in [5, 5.41) is 39.0. The van der Waals surface area contributed by atoms with Gasteiger partial charge in [-0.2, -0.15) is 4.98 Å². The molecule has 30 nitrogen and oxygen atoms in total. The van der Waals surface area contributed by atoms with Crippen LogP contribution in [0.2, 0.25) is 26.2 Å². The van der Waals surface area contributed by atoms with Gasteiger partial charge in [0.15, 0.2) is 51.4 Å². The number of rotatable bonds is 29. The van der Waals surface area contributed by atoms with Gasteiger partial charge in [-0.05, 0) is 119 Å². The summed E-state index contributed by atoms with van der Waals surface area (Å²) in [5.41, 5.74) is 0.832. The summed E-state index contributed by atoms with van der Waals surface area (Å²) in [6, 6.07) is 29.1. The Morgan fingerprint density at radius 3 is 2.10 bits per heavy atom. The average Bonchev–Trinajstić information content (AvgIpc) is 0.678. The van der Waals surface area contributed by atoms with Crippen LogP contribution in [0.15, 0.2) is 165 Å². The standard InChI is InChI=1S/C79H92N10O20SSi2/c1-44(85-69(96)50-30-32-52(33-31-50)81-38-53-39-83-68-62(86-53)71(98)89-74(80)88-68)29-34-58(92)82-40-54-41-84-75(104-54)110-43-112(10,11)109-111(8,9)35-21-28-59(93)106-56-36-57-78(42-102-57,108-47(4)91)65-67(107-72(99)51-26-19-14-20-27-51)79(101)37-55(45(2)60(76(79,5)6)64(103-46(3)90)66(95)77(56,65)7)105-73(100)63(94)61(48-22-15-12-16-23-48)87-70(97)49-24-17-13-18-25-49/h12-27,30-33,35,39,41,44,55-57,61,63-65,67,81,94,101H,28-29,34,36-38,40,42-43H2,1-11H3,(H,82,92)(H,85,96)(H,87,97)(H3,80,83,88,89,98)/b35-21+/t44-,55+,56+,57-,61+,63-,64-,65+,67+,77-,78+,79-/m1/s1. The molecule has 592 valence electrons. The number of nitrogen functional groups attached to an aromatic ring is 1. The zero-order chi connectivity index (χ0) is 80.8. The number of nitrogens with one attached hydrogen (secondary N) is 5.